The number of allylic oxidation sites excluding steroid dienone is 1. The maximum Gasteiger partial charge on any atom is 0.244 e. The molecule has 1 aliphatic carbocycles. The molecule has 0 spiro atoms. The number of carbonyl (C=O) groups is 2. The minimum absolute atomic E-state index is 0.0939. The molecule has 2 aromatic carbocycles. The van der Waals surface area contributed by atoms with Gasteiger partial charge in [-0.3, -0.25) is 9.59 Å². The number of ketones is 1. The van der Waals surface area contributed by atoms with Crippen molar-refractivity contribution >= 4 is 11.7 Å². The zero-order valence-corrected chi connectivity index (χ0v) is 13.6. The molecule has 0 heterocycles. The van der Waals surface area contributed by atoms with Gasteiger partial charge in [-0.05, 0) is 48.4 Å². The molecule has 0 radical (unpaired) electrons. The van der Waals surface area contributed by atoms with Gasteiger partial charge < -0.3 is 5.32 Å². The smallest absolute Gasteiger partial charge is 0.244 e. The van der Waals surface area contributed by atoms with Crippen molar-refractivity contribution in [3.8, 4) is 0 Å². The summed E-state index contributed by atoms with van der Waals surface area (Å²) in [6.07, 6.45) is 7.00. The highest BCUT2D eigenvalue weighted by Gasteiger charge is 2.16. The molecule has 2 aromatic rings. The summed E-state index contributed by atoms with van der Waals surface area (Å²) >= 11 is 0. The third-order valence-electron chi connectivity index (χ3n) is 4.36. The van der Waals surface area contributed by atoms with Gasteiger partial charge in [-0.1, -0.05) is 48.5 Å². The lowest BCUT2D eigenvalue weighted by molar-refractivity contribution is -0.116. The van der Waals surface area contributed by atoms with Gasteiger partial charge in [0.1, 0.15) is 0 Å². The van der Waals surface area contributed by atoms with Crippen molar-refractivity contribution in [2.45, 2.75) is 32.2 Å². The van der Waals surface area contributed by atoms with Gasteiger partial charge in [-0.2, -0.15) is 0 Å². The lowest BCUT2D eigenvalue weighted by Crippen LogP contribution is -2.20. The Labute approximate surface area is 142 Å². The minimum atomic E-state index is -0.253. The molecule has 0 atom stereocenters. The predicted octanol–water partition coefficient (Wildman–Crippen LogP) is 3.62. The van der Waals surface area contributed by atoms with E-state index in [-0.39, 0.29) is 11.7 Å². The molecule has 0 aliphatic heterocycles. The summed E-state index contributed by atoms with van der Waals surface area (Å²) in [7, 11) is 0. The monoisotopic (exact) mass is 319 g/mol. The number of aryl methyl sites for hydroxylation is 1. The Morgan fingerprint density at radius 3 is 2.54 bits per heavy atom. The molecule has 0 saturated carbocycles. The second-order valence-electron chi connectivity index (χ2n) is 6.05. The van der Waals surface area contributed by atoms with Crippen molar-refractivity contribution < 1.29 is 9.59 Å². The van der Waals surface area contributed by atoms with Crippen LogP contribution in [0, 0.1) is 0 Å². The fourth-order valence-corrected chi connectivity index (χ4v) is 3.10. The maximum atomic E-state index is 12.4. The molecule has 1 N–H and O–H groups in total. The maximum absolute atomic E-state index is 12.4. The number of amides is 1. The average Bonchev–Trinajstić information content (AvgIpc) is 2.64. The van der Waals surface area contributed by atoms with E-state index in [4.69, 9.17) is 0 Å². The van der Waals surface area contributed by atoms with Crippen LogP contribution in [0.3, 0.4) is 0 Å². The third kappa shape index (κ3) is 3.99. The SMILES string of the molecule is O=C(/C=C/C(=O)c1cccc2c1CCCC2)NCc1ccccc1. The van der Waals surface area contributed by atoms with Crippen LogP contribution < -0.4 is 5.32 Å². The molecule has 1 amide bonds. The molecular formula is C21H21NO2. The summed E-state index contributed by atoms with van der Waals surface area (Å²) in [6.45, 7) is 0.457. The fourth-order valence-electron chi connectivity index (χ4n) is 3.10. The summed E-state index contributed by atoms with van der Waals surface area (Å²) in [6, 6.07) is 15.6. The lowest BCUT2D eigenvalue weighted by Gasteiger charge is -2.17. The second-order valence-corrected chi connectivity index (χ2v) is 6.05. The highest BCUT2D eigenvalue weighted by Crippen LogP contribution is 2.24. The van der Waals surface area contributed by atoms with Crippen LogP contribution >= 0.6 is 0 Å². The van der Waals surface area contributed by atoms with Gasteiger partial charge in [0.2, 0.25) is 5.91 Å². The van der Waals surface area contributed by atoms with Crippen molar-refractivity contribution in [1.29, 1.82) is 0 Å². The zero-order chi connectivity index (χ0) is 16.8. The molecule has 0 aromatic heterocycles. The van der Waals surface area contributed by atoms with Crippen LogP contribution in [0.2, 0.25) is 0 Å². The van der Waals surface area contributed by atoms with Gasteiger partial charge in [0.15, 0.2) is 5.78 Å². The van der Waals surface area contributed by atoms with Crippen LogP contribution in [0.25, 0.3) is 0 Å². The predicted molar refractivity (Wildman–Crippen MR) is 94.8 cm³/mol. The summed E-state index contributed by atoms with van der Waals surface area (Å²) in [5.41, 5.74) is 4.19. The van der Waals surface area contributed by atoms with Crippen molar-refractivity contribution in [1.82, 2.24) is 5.32 Å². The van der Waals surface area contributed by atoms with E-state index in [1.54, 1.807) is 0 Å². The quantitative estimate of drug-likeness (QED) is 0.676. The molecule has 0 saturated heterocycles. The summed E-state index contributed by atoms with van der Waals surface area (Å²) in [4.78, 5) is 24.3. The molecule has 3 heteroatoms. The van der Waals surface area contributed by atoms with E-state index in [1.807, 2.05) is 42.5 Å². The number of hydrogen-bond donors (Lipinski definition) is 1. The van der Waals surface area contributed by atoms with E-state index in [0.29, 0.717) is 6.54 Å². The first-order chi connectivity index (χ1) is 11.7. The average molecular weight is 319 g/mol. The first kappa shape index (κ1) is 16.2. The number of fused-ring (bicyclic) bond motifs is 1. The topological polar surface area (TPSA) is 46.2 Å². The van der Waals surface area contributed by atoms with Gasteiger partial charge >= 0.3 is 0 Å². The first-order valence-electron chi connectivity index (χ1n) is 8.39. The normalized spacial score (nSPS) is 13.5. The summed E-state index contributed by atoms with van der Waals surface area (Å²) in [5.74, 6) is -0.347. The minimum Gasteiger partial charge on any atom is -0.348 e. The van der Waals surface area contributed by atoms with Crippen LogP contribution in [0.5, 0.6) is 0 Å². The fraction of sp³-hybridized carbons (Fsp3) is 0.238. The van der Waals surface area contributed by atoms with Crippen LogP contribution in [0.4, 0.5) is 0 Å². The van der Waals surface area contributed by atoms with Crippen molar-refractivity contribution in [3.05, 3.63) is 82.9 Å². The Morgan fingerprint density at radius 1 is 0.917 bits per heavy atom. The summed E-state index contributed by atoms with van der Waals surface area (Å²) in [5, 5.41) is 2.79. The molecule has 3 rings (SSSR count). The highest BCUT2D eigenvalue weighted by molar-refractivity contribution is 6.08. The number of nitrogens with one attached hydrogen (secondary N) is 1. The van der Waals surface area contributed by atoms with Crippen molar-refractivity contribution in [3.63, 3.8) is 0 Å². The van der Waals surface area contributed by atoms with E-state index < -0.39 is 0 Å². The Bertz CT molecular complexity index is 763. The Kier molecular flexibility index (Phi) is 5.22. The van der Waals surface area contributed by atoms with Gasteiger partial charge in [-0.25, -0.2) is 0 Å². The third-order valence-corrected chi connectivity index (χ3v) is 4.36. The molecule has 0 unspecified atom stereocenters. The van der Waals surface area contributed by atoms with E-state index >= 15 is 0 Å². The number of hydrogen-bond acceptors (Lipinski definition) is 2. The van der Waals surface area contributed by atoms with Crippen molar-refractivity contribution in [2.24, 2.45) is 0 Å². The Hall–Kier alpha value is -2.68. The van der Waals surface area contributed by atoms with Gasteiger partial charge in [-0.15, -0.1) is 0 Å². The van der Waals surface area contributed by atoms with E-state index in [1.165, 1.54) is 24.1 Å². The van der Waals surface area contributed by atoms with E-state index in [2.05, 4.69) is 11.4 Å². The number of rotatable bonds is 5. The standard InChI is InChI=1S/C21H21NO2/c23-20(19-12-6-10-17-9-4-5-11-18(17)19)13-14-21(24)22-15-16-7-2-1-3-8-16/h1-3,6-8,10,12-14H,4-5,9,11,15H2,(H,22,24)/b14-13+. The lowest BCUT2D eigenvalue weighted by atomic mass is 9.87. The van der Waals surface area contributed by atoms with Crippen LogP contribution in [0.15, 0.2) is 60.7 Å². The molecule has 0 bridgehead atoms. The molecular weight excluding hydrogens is 298 g/mol. The Balaban J connectivity index is 1.62. The van der Waals surface area contributed by atoms with Crippen LogP contribution in [-0.4, -0.2) is 11.7 Å². The van der Waals surface area contributed by atoms with Gasteiger partial charge in [0.25, 0.3) is 0 Å². The molecule has 3 nitrogen and oxygen atoms in total. The Morgan fingerprint density at radius 2 is 1.71 bits per heavy atom. The second kappa shape index (κ2) is 7.73. The molecule has 122 valence electrons. The van der Waals surface area contributed by atoms with E-state index in [9.17, 15) is 9.59 Å². The molecule has 0 fully saturated rings. The molecule has 1 aliphatic rings. The highest BCUT2D eigenvalue weighted by atomic mass is 16.1. The van der Waals surface area contributed by atoms with Gasteiger partial charge in [0.05, 0.1) is 0 Å². The first-order valence-corrected chi connectivity index (χ1v) is 8.39. The van der Waals surface area contributed by atoms with Crippen molar-refractivity contribution in [2.75, 3.05) is 0 Å². The van der Waals surface area contributed by atoms with Gasteiger partial charge in [0, 0.05) is 18.2 Å². The molecule has 24 heavy (non-hydrogen) atoms. The van der Waals surface area contributed by atoms with Crippen LogP contribution in [-0.2, 0) is 24.2 Å². The van der Waals surface area contributed by atoms with E-state index in [0.717, 1.165) is 36.0 Å². The largest absolute Gasteiger partial charge is 0.348 e. The zero-order valence-electron chi connectivity index (χ0n) is 13.6. The summed E-state index contributed by atoms with van der Waals surface area (Å²) < 4.78 is 0. The number of carbonyl (C=O) groups excluding carboxylic acids is 2. The van der Waals surface area contributed by atoms with Crippen LogP contribution in [0.1, 0.15) is 39.9 Å². The number of benzene rings is 2.